The molecule has 0 aliphatic heterocycles. The first-order chi connectivity index (χ1) is 12.1. The van der Waals surface area contributed by atoms with Crippen LogP contribution >= 0.6 is 0 Å². The molecule has 0 spiro atoms. The van der Waals surface area contributed by atoms with E-state index in [1.165, 1.54) is 0 Å². The Morgan fingerprint density at radius 3 is 2.12 bits per heavy atom. The first kappa shape index (κ1) is 17.0. The molecule has 0 aromatic heterocycles. The maximum absolute atomic E-state index is 12.7. The molecule has 0 radical (unpaired) electrons. The second kappa shape index (κ2) is 7.83. The Kier molecular flexibility index (Phi) is 5.33. The van der Waals surface area contributed by atoms with E-state index in [0.29, 0.717) is 18.5 Å². The summed E-state index contributed by atoms with van der Waals surface area (Å²) < 4.78 is 0. The molecule has 1 amide bonds. The third kappa shape index (κ3) is 4.18. The van der Waals surface area contributed by atoms with Crippen molar-refractivity contribution >= 4 is 28.9 Å². The lowest BCUT2D eigenvalue weighted by Gasteiger charge is -2.27. The molecule has 1 fully saturated rings. The molecule has 1 aliphatic rings. The van der Waals surface area contributed by atoms with Gasteiger partial charge in [0.15, 0.2) is 0 Å². The number of amides is 1. The number of carbonyl (C=O) groups excluding carboxylic acids is 1. The van der Waals surface area contributed by atoms with Crippen molar-refractivity contribution in [1.82, 2.24) is 0 Å². The quantitative estimate of drug-likeness (QED) is 0.761. The van der Waals surface area contributed by atoms with Crippen molar-refractivity contribution in [3.63, 3.8) is 0 Å². The van der Waals surface area contributed by atoms with Crippen molar-refractivity contribution in [2.45, 2.75) is 25.7 Å². The van der Waals surface area contributed by atoms with Crippen LogP contribution in [-0.4, -0.2) is 17.0 Å². The molecule has 1 aliphatic carbocycles. The molecule has 130 valence electrons. The number of rotatable bonds is 5. The van der Waals surface area contributed by atoms with Gasteiger partial charge in [0.1, 0.15) is 0 Å². The fraction of sp³-hybridized carbons (Fsp3) is 0.300. The highest BCUT2D eigenvalue weighted by atomic mass is 16.4. The third-order valence-electron chi connectivity index (χ3n) is 4.66. The van der Waals surface area contributed by atoms with Crippen molar-refractivity contribution in [2.24, 2.45) is 11.8 Å². The third-order valence-corrected chi connectivity index (χ3v) is 4.66. The van der Waals surface area contributed by atoms with Crippen molar-refractivity contribution in [2.75, 3.05) is 10.6 Å². The van der Waals surface area contributed by atoms with Crippen LogP contribution in [0.2, 0.25) is 0 Å². The Hall–Kier alpha value is -2.82. The Balaban J connectivity index is 1.76. The number of hydrogen-bond acceptors (Lipinski definition) is 3. The van der Waals surface area contributed by atoms with Crippen LogP contribution in [0.25, 0.3) is 0 Å². The van der Waals surface area contributed by atoms with Crippen molar-refractivity contribution in [3.05, 3.63) is 54.6 Å². The smallest absolute Gasteiger partial charge is 0.307 e. The minimum atomic E-state index is -0.879. The van der Waals surface area contributed by atoms with Gasteiger partial charge in [-0.25, -0.2) is 0 Å². The van der Waals surface area contributed by atoms with Gasteiger partial charge in [0, 0.05) is 5.69 Å². The number of benzene rings is 2. The number of hydrogen-bond donors (Lipinski definition) is 3. The van der Waals surface area contributed by atoms with Crippen LogP contribution in [0.15, 0.2) is 54.6 Å². The largest absolute Gasteiger partial charge is 0.481 e. The number of anilines is 3. The van der Waals surface area contributed by atoms with E-state index in [2.05, 4.69) is 10.6 Å². The molecular weight excluding hydrogens is 316 g/mol. The molecule has 0 unspecified atom stereocenters. The van der Waals surface area contributed by atoms with Gasteiger partial charge in [0.25, 0.3) is 0 Å². The Labute approximate surface area is 147 Å². The SMILES string of the molecule is O=C(O)[C@H]1CCCC[C@H]1C(=O)Nc1ccccc1Nc1ccccc1. The molecule has 0 bridgehead atoms. The summed E-state index contributed by atoms with van der Waals surface area (Å²) in [6.45, 7) is 0. The molecule has 2 atom stereocenters. The van der Waals surface area contributed by atoms with Crippen LogP contribution in [0.5, 0.6) is 0 Å². The van der Waals surface area contributed by atoms with E-state index < -0.39 is 17.8 Å². The van der Waals surface area contributed by atoms with Gasteiger partial charge in [-0.1, -0.05) is 43.2 Å². The average molecular weight is 338 g/mol. The summed E-state index contributed by atoms with van der Waals surface area (Å²) in [7, 11) is 0. The number of aliphatic carboxylic acids is 1. The summed E-state index contributed by atoms with van der Waals surface area (Å²) in [4.78, 5) is 24.1. The van der Waals surface area contributed by atoms with Gasteiger partial charge in [-0.2, -0.15) is 0 Å². The summed E-state index contributed by atoms with van der Waals surface area (Å²) in [6, 6.07) is 17.1. The van der Waals surface area contributed by atoms with Gasteiger partial charge in [-0.05, 0) is 37.1 Å². The van der Waals surface area contributed by atoms with Crippen molar-refractivity contribution < 1.29 is 14.7 Å². The van der Waals surface area contributed by atoms with Crippen LogP contribution in [0.1, 0.15) is 25.7 Å². The predicted molar refractivity (Wildman–Crippen MR) is 97.9 cm³/mol. The van der Waals surface area contributed by atoms with Crippen LogP contribution in [-0.2, 0) is 9.59 Å². The molecule has 5 heteroatoms. The van der Waals surface area contributed by atoms with Gasteiger partial charge in [-0.15, -0.1) is 0 Å². The van der Waals surface area contributed by atoms with E-state index in [1.807, 2.05) is 54.6 Å². The zero-order chi connectivity index (χ0) is 17.6. The molecule has 3 rings (SSSR count). The fourth-order valence-corrected chi connectivity index (χ4v) is 3.34. The summed E-state index contributed by atoms with van der Waals surface area (Å²) in [5.74, 6) is -2.16. The molecule has 3 N–H and O–H groups in total. The highest BCUT2D eigenvalue weighted by Gasteiger charge is 2.35. The Morgan fingerprint density at radius 2 is 1.44 bits per heavy atom. The first-order valence-corrected chi connectivity index (χ1v) is 8.60. The zero-order valence-corrected chi connectivity index (χ0v) is 13.9. The molecule has 2 aromatic rings. The number of para-hydroxylation sites is 3. The highest BCUT2D eigenvalue weighted by Crippen LogP contribution is 2.32. The second-order valence-electron chi connectivity index (χ2n) is 6.36. The van der Waals surface area contributed by atoms with Crippen molar-refractivity contribution in [1.29, 1.82) is 0 Å². The maximum Gasteiger partial charge on any atom is 0.307 e. The Bertz CT molecular complexity index is 746. The molecule has 0 heterocycles. The molecule has 1 saturated carbocycles. The fourth-order valence-electron chi connectivity index (χ4n) is 3.34. The van der Waals surface area contributed by atoms with E-state index in [-0.39, 0.29) is 5.91 Å². The topological polar surface area (TPSA) is 78.4 Å². The summed E-state index contributed by atoms with van der Waals surface area (Å²) in [6.07, 6.45) is 2.95. The van der Waals surface area contributed by atoms with Gasteiger partial charge in [0.05, 0.1) is 23.2 Å². The average Bonchev–Trinajstić information content (AvgIpc) is 2.64. The lowest BCUT2D eigenvalue weighted by atomic mass is 9.78. The lowest BCUT2D eigenvalue weighted by Crippen LogP contribution is -2.36. The molecule has 25 heavy (non-hydrogen) atoms. The van der Waals surface area contributed by atoms with Crippen LogP contribution < -0.4 is 10.6 Å². The van der Waals surface area contributed by atoms with Gasteiger partial charge in [0.2, 0.25) is 5.91 Å². The maximum atomic E-state index is 12.7. The summed E-state index contributed by atoms with van der Waals surface area (Å²) >= 11 is 0. The first-order valence-electron chi connectivity index (χ1n) is 8.60. The number of carboxylic acids is 1. The number of nitrogens with one attached hydrogen (secondary N) is 2. The van der Waals surface area contributed by atoms with Gasteiger partial charge >= 0.3 is 5.97 Å². The zero-order valence-electron chi connectivity index (χ0n) is 13.9. The minimum Gasteiger partial charge on any atom is -0.481 e. The van der Waals surface area contributed by atoms with E-state index >= 15 is 0 Å². The van der Waals surface area contributed by atoms with Gasteiger partial charge in [-0.3, -0.25) is 9.59 Å². The molecular formula is C20H22N2O3. The predicted octanol–water partition coefficient (Wildman–Crippen LogP) is 4.26. The Morgan fingerprint density at radius 1 is 0.840 bits per heavy atom. The van der Waals surface area contributed by atoms with E-state index in [1.54, 1.807) is 0 Å². The minimum absolute atomic E-state index is 0.214. The van der Waals surface area contributed by atoms with E-state index in [4.69, 9.17) is 0 Å². The standard InChI is InChI=1S/C20H22N2O3/c23-19(15-10-4-5-11-16(15)20(24)25)22-18-13-7-6-12-17(18)21-14-8-2-1-3-9-14/h1-3,6-9,12-13,15-16,21H,4-5,10-11H2,(H,22,23)(H,24,25)/t15-,16+/m1/s1. The number of carbonyl (C=O) groups is 2. The van der Waals surface area contributed by atoms with E-state index in [0.717, 1.165) is 24.2 Å². The molecule has 0 saturated heterocycles. The highest BCUT2D eigenvalue weighted by molar-refractivity contribution is 5.98. The lowest BCUT2D eigenvalue weighted by molar-refractivity contribution is -0.147. The summed E-state index contributed by atoms with van der Waals surface area (Å²) in [5.41, 5.74) is 2.36. The van der Waals surface area contributed by atoms with E-state index in [9.17, 15) is 14.7 Å². The van der Waals surface area contributed by atoms with Crippen LogP contribution in [0.4, 0.5) is 17.1 Å². The number of carboxylic acid groups (broad SMARTS) is 1. The summed E-state index contributed by atoms with van der Waals surface area (Å²) in [5, 5.41) is 15.6. The second-order valence-corrected chi connectivity index (χ2v) is 6.36. The van der Waals surface area contributed by atoms with Crippen molar-refractivity contribution in [3.8, 4) is 0 Å². The van der Waals surface area contributed by atoms with Gasteiger partial charge < -0.3 is 15.7 Å². The normalized spacial score (nSPS) is 19.8. The van der Waals surface area contributed by atoms with Crippen LogP contribution in [0, 0.1) is 11.8 Å². The monoisotopic (exact) mass is 338 g/mol. The molecule has 5 nitrogen and oxygen atoms in total. The molecule has 2 aromatic carbocycles. The van der Waals surface area contributed by atoms with Crippen LogP contribution in [0.3, 0.4) is 0 Å².